The van der Waals surface area contributed by atoms with Gasteiger partial charge in [-0.1, -0.05) is 11.6 Å². The molecule has 0 saturated heterocycles. The summed E-state index contributed by atoms with van der Waals surface area (Å²) >= 11 is 5.91. The third-order valence-electron chi connectivity index (χ3n) is 3.62. The van der Waals surface area contributed by atoms with Gasteiger partial charge in [-0.25, -0.2) is 10.4 Å². The first kappa shape index (κ1) is 17.6. The van der Waals surface area contributed by atoms with E-state index in [0.717, 1.165) is 11.3 Å². The first-order valence-corrected chi connectivity index (χ1v) is 8.05. The van der Waals surface area contributed by atoms with Crippen LogP contribution >= 0.6 is 11.6 Å². The van der Waals surface area contributed by atoms with Crippen LogP contribution < -0.4 is 15.7 Å². The van der Waals surface area contributed by atoms with Crippen molar-refractivity contribution < 1.29 is 9.53 Å². The summed E-state index contributed by atoms with van der Waals surface area (Å²) in [5, 5.41) is 4.67. The van der Waals surface area contributed by atoms with Gasteiger partial charge >= 0.3 is 0 Å². The number of hydrogen-bond donors (Lipinski definition) is 1. The Kier molecular flexibility index (Phi) is 5.28. The number of amides is 1. The lowest BCUT2D eigenvalue weighted by atomic mass is 10.2. The quantitative estimate of drug-likeness (QED) is 0.551. The molecule has 0 saturated carbocycles. The van der Waals surface area contributed by atoms with Crippen molar-refractivity contribution in [1.29, 1.82) is 0 Å². The summed E-state index contributed by atoms with van der Waals surface area (Å²) in [6, 6.07) is 12.0. The normalized spacial score (nSPS) is 11.0. The number of ether oxygens (including phenoxy) is 1. The maximum absolute atomic E-state index is 12.4. The zero-order valence-electron chi connectivity index (χ0n) is 13.8. The fourth-order valence-corrected chi connectivity index (χ4v) is 2.47. The number of fused-ring (bicyclic) bond motifs is 1. The fraction of sp³-hybridized carbons (Fsp3) is 0.111. The minimum atomic E-state index is -0.444. The van der Waals surface area contributed by atoms with Crippen LogP contribution in [0.25, 0.3) is 10.9 Å². The molecule has 132 valence electrons. The molecule has 26 heavy (non-hydrogen) atoms. The number of hydrogen-bond acceptors (Lipinski definition) is 5. The van der Waals surface area contributed by atoms with E-state index in [1.165, 1.54) is 23.2 Å². The summed E-state index contributed by atoms with van der Waals surface area (Å²) in [6.45, 7) is -0.200. The maximum atomic E-state index is 12.4. The number of nitrogens with zero attached hydrogens (tertiary/aromatic N) is 3. The van der Waals surface area contributed by atoms with Crippen LogP contribution in [0.1, 0.15) is 5.56 Å². The first-order valence-electron chi connectivity index (χ1n) is 7.67. The molecule has 0 radical (unpaired) electrons. The van der Waals surface area contributed by atoms with E-state index < -0.39 is 5.91 Å². The van der Waals surface area contributed by atoms with Gasteiger partial charge in [-0.05, 0) is 48.0 Å². The van der Waals surface area contributed by atoms with Gasteiger partial charge in [0.15, 0.2) is 0 Å². The molecule has 0 aliphatic heterocycles. The van der Waals surface area contributed by atoms with Crippen molar-refractivity contribution >= 4 is 34.6 Å². The van der Waals surface area contributed by atoms with E-state index in [0.29, 0.717) is 15.9 Å². The van der Waals surface area contributed by atoms with E-state index in [4.69, 9.17) is 16.3 Å². The van der Waals surface area contributed by atoms with E-state index >= 15 is 0 Å². The molecule has 1 aromatic heterocycles. The number of rotatable bonds is 5. The van der Waals surface area contributed by atoms with Crippen LogP contribution in [-0.4, -0.2) is 28.8 Å². The highest BCUT2D eigenvalue weighted by atomic mass is 35.5. The summed E-state index contributed by atoms with van der Waals surface area (Å²) in [5.74, 6) is 0.287. The molecule has 3 aromatic rings. The van der Waals surface area contributed by atoms with Crippen LogP contribution in [0, 0.1) is 0 Å². The van der Waals surface area contributed by atoms with Crippen LogP contribution in [0.5, 0.6) is 5.75 Å². The summed E-state index contributed by atoms with van der Waals surface area (Å²) in [4.78, 5) is 28.6. The number of hydrazone groups is 1. The summed E-state index contributed by atoms with van der Waals surface area (Å²) in [6.07, 6.45) is 2.82. The van der Waals surface area contributed by atoms with Gasteiger partial charge in [-0.15, -0.1) is 0 Å². The summed E-state index contributed by atoms with van der Waals surface area (Å²) < 4.78 is 6.27. The molecule has 0 spiro atoms. The third-order valence-corrected chi connectivity index (χ3v) is 3.85. The SMILES string of the molecule is COc1ccc(/C=N/NC(=O)Cn2cnc3ccc(Cl)cc3c2=O)cc1. The molecule has 1 heterocycles. The zero-order valence-corrected chi connectivity index (χ0v) is 14.6. The number of carbonyl (C=O) groups excluding carboxylic acids is 1. The van der Waals surface area contributed by atoms with Gasteiger partial charge in [0, 0.05) is 5.02 Å². The lowest BCUT2D eigenvalue weighted by molar-refractivity contribution is -0.121. The number of benzene rings is 2. The average Bonchev–Trinajstić information content (AvgIpc) is 2.65. The van der Waals surface area contributed by atoms with Crippen molar-refractivity contribution in [2.24, 2.45) is 5.10 Å². The highest BCUT2D eigenvalue weighted by Gasteiger charge is 2.08. The summed E-state index contributed by atoms with van der Waals surface area (Å²) in [7, 11) is 1.58. The lowest BCUT2D eigenvalue weighted by Crippen LogP contribution is -2.30. The predicted octanol–water partition coefficient (Wildman–Crippen LogP) is 2.21. The van der Waals surface area contributed by atoms with E-state index in [9.17, 15) is 9.59 Å². The fourth-order valence-electron chi connectivity index (χ4n) is 2.30. The Morgan fingerprint density at radius 1 is 1.31 bits per heavy atom. The van der Waals surface area contributed by atoms with Crippen molar-refractivity contribution in [3.05, 3.63) is 69.7 Å². The monoisotopic (exact) mass is 370 g/mol. The van der Waals surface area contributed by atoms with E-state index in [2.05, 4.69) is 15.5 Å². The molecule has 0 bridgehead atoms. The molecule has 7 nitrogen and oxygen atoms in total. The molecule has 0 atom stereocenters. The topological polar surface area (TPSA) is 85.6 Å². The molecule has 0 aliphatic carbocycles. The molecule has 0 fully saturated rings. The Balaban J connectivity index is 1.68. The van der Waals surface area contributed by atoms with Crippen molar-refractivity contribution in [2.75, 3.05) is 7.11 Å². The largest absolute Gasteiger partial charge is 0.497 e. The predicted molar refractivity (Wildman–Crippen MR) is 99.7 cm³/mol. The van der Waals surface area contributed by atoms with Gasteiger partial charge in [0.05, 0.1) is 30.6 Å². The number of nitrogens with one attached hydrogen (secondary N) is 1. The number of methoxy groups -OCH3 is 1. The Morgan fingerprint density at radius 3 is 2.81 bits per heavy atom. The van der Waals surface area contributed by atoms with E-state index in [1.807, 2.05) is 0 Å². The molecular formula is C18H15ClN4O3. The van der Waals surface area contributed by atoms with Crippen molar-refractivity contribution in [2.45, 2.75) is 6.54 Å². The highest BCUT2D eigenvalue weighted by molar-refractivity contribution is 6.31. The molecule has 1 amide bonds. The summed E-state index contributed by atoms with van der Waals surface area (Å²) in [5.41, 5.74) is 3.36. The minimum Gasteiger partial charge on any atom is -0.497 e. The number of carbonyl (C=O) groups is 1. The van der Waals surface area contributed by atoms with Crippen molar-refractivity contribution in [3.63, 3.8) is 0 Å². The van der Waals surface area contributed by atoms with Crippen LogP contribution in [-0.2, 0) is 11.3 Å². The van der Waals surface area contributed by atoms with Crippen molar-refractivity contribution in [3.8, 4) is 5.75 Å². The second kappa shape index (κ2) is 7.79. The van der Waals surface area contributed by atoms with Crippen LogP contribution in [0.15, 0.2) is 58.7 Å². The molecular weight excluding hydrogens is 356 g/mol. The molecule has 3 rings (SSSR count). The molecule has 0 aliphatic rings. The molecule has 1 N–H and O–H groups in total. The van der Waals surface area contributed by atoms with Gasteiger partial charge in [0.1, 0.15) is 12.3 Å². The van der Waals surface area contributed by atoms with Crippen molar-refractivity contribution in [1.82, 2.24) is 15.0 Å². The Labute approximate surface area is 153 Å². The number of halogens is 1. The standard InChI is InChI=1S/C18H15ClN4O3/c1-26-14-5-2-12(3-6-14)9-21-22-17(24)10-23-11-20-16-7-4-13(19)8-15(16)18(23)25/h2-9,11H,10H2,1H3,(H,22,24)/b21-9+. The average molecular weight is 371 g/mol. The van der Waals surface area contributed by atoms with Gasteiger partial charge < -0.3 is 4.74 Å². The van der Waals surface area contributed by atoms with Crippen LogP contribution in [0.3, 0.4) is 0 Å². The second-order valence-electron chi connectivity index (χ2n) is 5.41. The number of aromatic nitrogens is 2. The van der Waals surface area contributed by atoms with Gasteiger partial charge in [-0.3, -0.25) is 14.2 Å². The Hall–Kier alpha value is -3.19. The van der Waals surface area contributed by atoms with Gasteiger partial charge in [0.25, 0.3) is 11.5 Å². The second-order valence-corrected chi connectivity index (χ2v) is 5.84. The van der Waals surface area contributed by atoms with Gasteiger partial charge in [-0.2, -0.15) is 5.10 Å². The van der Waals surface area contributed by atoms with E-state index in [-0.39, 0.29) is 12.1 Å². The zero-order chi connectivity index (χ0) is 18.5. The minimum absolute atomic E-state index is 0.200. The molecule has 0 unspecified atom stereocenters. The van der Waals surface area contributed by atoms with Crippen LogP contribution in [0.4, 0.5) is 0 Å². The smallest absolute Gasteiger partial charge is 0.261 e. The van der Waals surface area contributed by atoms with Crippen LogP contribution in [0.2, 0.25) is 5.02 Å². The van der Waals surface area contributed by atoms with Gasteiger partial charge in [0.2, 0.25) is 0 Å². The molecule has 8 heteroatoms. The Bertz CT molecular complexity index is 1030. The molecule has 2 aromatic carbocycles. The first-order chi connectivity index (χ1) is 12.6. The lowest BCUT2D eigenvalue weighted by Gasteiger charge is -2.05. The maximum Gasteiger partial charge on any atom is 0.261 e. The van der Waals surface area contributed by atoms with E-state index in [1.54, 1.807) is 43.5 Å². The highest BCUT2D eigenvalue weighted by Crippen LogP contribution is 2.14. The third kappa shape index (κ3) is 4.07. The Morgan fingerprint density at radius 2 is 2.08 bits per heavy atom.